The number of anilines is 3. The van der Waals surface area contributed by atoms with Crippen molar-refractivity contribution in [2.75, 3.05) is 42.9 Å². The molecule has 1 N–H and O–H groups in total. The van der Waals surface area contributed by atoms with E-state index in [1.165, 1.54) is 11.1 Å². The molecule has 1 fully saturated rings. The largest absolute Gasteiger partial charge is 0.354 e. The Bertz CT molecular complexity index is 945. The van der Waals surface area contributed by atoms with Gasteiger partial charge in [-0.05, 0) is 35.7 Å². The molecule has 2 aromatic carbocycles. The number of rotatable bonds is 7. The molecule has 0 saturated carbocycles. The highest BCUT2D eigenvalue weighted by atomic mass is 15.3. The highest BCUT2D eigenvalue weighted by Crippen LogP contribution is 2.18. The zero-order valence-corrected chi connectivity index (χ0v) is 17.5. The SMILES string of the molecule is CCc1ccc(Nc2nccc(N3CCN(C/C=C/c4ccccc4)CC3)n2)cc1. The van der Waals surface area contributed by atoms with Crippen molar-refractivity contribution in [3.63, 3.8) is 0 Å². The molecule has 4 rings (SSSR count). The minimum Gasteiger partial charge on any atom is -0.354 e. The van der Waals surface area contributed by atoms with Crippen LogP contribution in [0.4, 0.5) is 17.5 Å². The fraction of sp³-hybridized carbons (Fsp3) is 0.280. The van der Waals surface area contributed by atoms with Gasteiger partial charge in [0.15, 0.2) is 0 Å². The first kappa shape index (κ1) is 20.1. The van der Waals surface area contributed by atoms with Crippen LogP contribution in [0.3, 0.4) is 0 Å². The van der Waals surface area contributed by atoms with E-state index in [1.807, 2.05) is 18.3 Å². The van der Waals surface area contributed by atoms with Crippen molar-refractivity contribution in [3.8, 4) is 0 Å². The maximum Gasteiger partial charge on any atom is 0.229 e. The molecule has 0 unspecified atom stereocenters. The maximum absolute atomic E-state index is 4.73. The fourth-order valence-corrected chi connectivity index (χ4v) is 3.60. The predicted octanol–water partition coefficient (Wildman–Crippen LogP) is 4.62. The average Bonchev–Trinajstić information content (AvgIpc) is 2.81. The highest BCUT2D eigenvalue weighted by Gasteiger charge is 2.17. The number of hydrogen-bond acceptors (Lipinski definition) is 5. The first-order chi connectivity index (χ1) is 14.8. The van der Waals surface area contributed by atoms with Crippen LogP contribution in [0.15, 0.2) is 72.9 Å². The molecular weight excluding hydrogens is 370 g/mol. The van der Waals surface area contributed by atoms with Crippen LogP contribution in [0, 0.1) is 0 Å². The summed E-state index contributed by atoms with van der Waals surface area (Å²) < 4.78 is 0. The van der Waals surface area contributed by atoms with Gasteiger partial charge in [0.2, 0.25) is 5.95 Å². The molecule has 0 atom stereocenters. The minimum absolute atomic E-state index is 0.643. The van der Waals surface area contributed by atoms with Crippen LogP contribution in [0.1, 0.15) is 18.1 Å². The standard InChI is InChI=1S/C25H29N5/c1-2-21-10-12-23(13-11-21)27-25-26-15-14-24(28-25)30-19-17-29(18-20-30)16-6-9-22-7-4-3-5-8-22/h3-15H,2,16-20H2,1H3,(H,26,27,28)/b9-6+. The summed E-state index contributed by atoms with van der Waals surface area (Å²) in [5.41, 5.74) is 3.59. The number of nitrogens with zero attached hydrogens (tertiary/aromatic N) is 4. The Morgan fingerprint density at radius 3 is 2.43 bits per heavy atom. The lowest BCUT2D eigenvalue weighted by atomic mass is 10.1. The number of piperazine rings is 1. The lowest BCUT2D eigenvalue weighted by Gasteiger charge is -2.34. The van der Waals surface area contributed by atoms with Crippen LogP contribution in [0.25, 0.3) is 6.08 Å². The van der Waals surface area contributed by atoms with Crippen LogP contribution in [0.5, 0.6) is 0 Å². The summed E-state index contributed by atoms with van der Waals surface area (Å²) in [6, 6.07) is 20.9. The molecule has 1 aromatic heterocycles. The molecule has 30 heavy (non-hydrogen) atoms. The summed E-state index contributed by atoms with van der Waals surface area (Å²) in [7, 11) is 0. The molecule has 1 aliphatic heterocycles. The first-order valence-electron chi connectivity index (χ1n) is 10.7. The van der Waals surface area contributed by atoms with Gasteiger partial charge in [0.05, 0.1) is 0 Å². The monoisotopic (exact) mass is 399 g/mol. The van der Waals surface area contributed by atoms with E-state index in [0.717, 1.165) is 50.6 Å². The van der Waals surface area contributed by atoms with Crippen molar-refractivity contribution in [2.45, 2.75) is 13.3 Å². The molecule has 5 heteroatoms. The van der Waals surface area contributed by atoms with Gasteiger partial charge in [0.1, 0.15) is 5.82 Å². The van der Waals surface area contributed by atoms with Crippen LogP contribution in [-0.4, -0.2) is 47.6 Å². The summed E-state index contributed by atoms with van der Waals surface area (Å²) in [4.78, 5) is 13.9. The quantitative estimate of drug-likeness (QED) is 0.628. The van der Waals surface area contributed by atoms with Gasteiger partial charge in [-0.15, -0.1) is 0 Å². The molecule has 1 aliphatic rings. The summed E-state index contributed by atoms with van der Waals surface area (Å²) in [5.74, 6) is 1.63. The van der Waals surface area contributed by atoms with E-state index in [1.54, 1.807) is 0 Å². The zero-order valence-electron chi connectivity index (χ0n) is 17.5. The summed E-state index contributed by atoms with van der Waals surface area (Å²) in [6.45, 7) is 7.15. The van der Waals surface area contributed by atoms with Gasteiger partial charge in [0, 0.05) is 44.6 Å². The highest BCUT2D eigenvalue weighted by molar-refractivity contribution is 5.55. The zero-order chi connectivity index (χ0) is 20.6. The van der Waals surface area contributed by atoms with Gasteiger partial charge < -0.3 is 10.2 Å². The van der Waals surface area contributed by atoms with E-state index in [-0.39, 0.29) is 0 Å². The van der Waals surface area contributed by atoms with Crippen molar-refractivity contribution in [1.82, 2.24) is 14.9 Å². The van der Waals surface area contributed by atoms with Gasteiger partial charge in [-0.2, -0.15) is 4.98 Å². The lowest BCUT2D eigenvalue weighted by molar-refractivity contribution is 0.283. The molecule has 5 nitrogen and oxygen atoms in total. The molecule has 0 bridgehead atoms. The minimum atomic E-state index is 0.643. The molecular formula is C25H29N5. The number of nitrogens with one attached hydrogen (secondary N) is 1. The van der Waals surface area contributed by atoms with E-state index >= 15 is 0 Å². The summed E-state index contributed by atoms with van der Waals surface area (Å²) >= 11 is 0. The van der Waals surface area contributed by atoms with Crippen molar-refractivity contribution in [1.29, 1.82) is 0 Å². The van der Waals surface area contributed by atoms with Crippen molar-refractivity contribution in [2.24, 2.45) is 0 Å². The molecule has 0 spiro atoms. The van der Waals surface area contributed by atoms with Gasteiger partial charge in [-0.1, -0.05) is 61.5 Å². The second-order valence-corrected chi connectivity index (χ2v) is 7.51. The van der Waals surface area contributed by atoms with Gasteiger partial charge in [-0.3, -0.25) is 4.90 Å². The number of benzene rings is 2. The molecule has 0 aliphatic carbocycles. The van der Waals surface area contributed by atoms with Crippen LogP contribution >= 0.6 is 0 Å². The fourth-order valence-electron chi connectivity index (χ4n) is 3.60. The first-order valence-corrected chi connectivity index (χ1v) is 10.7. The summed E-state index contributed by atoms with van der Waals surface area (Å²) in [5, 5.41) is 3.32. The van der Waals surface area contributed by atoms with Crippen molar-refractivity contribution in [3.05, 3.63) is 84.1 Å². The number of hydrogen-bond donors (Lipinski definition) is 1. The Labute approximate surface area is 179 Å². The van der Waals surface area contributed by atoms with E-state index in [2.05, 4.69) is 87.7 Å². The van der Waals surface area contributed by atoms with Crippen LogP contribution in [0.2, 0.25) is 0 Å². The van der Waals surface area contributed by atoms with E-state index in [0.29, 0.717) is 5.95 Å². The van der Waals surface area contributed by atoms with Crippen molar-refractivity contribution < 1.29 is 0 Å². The maximum atomic E-state index is 4.73. The topological polar surface area (TPSA) is 44.3 Å². The third-order valence-corrected chi connectivity index (χ3v) is 5.43. The smallest absolute Gasteiger partial charge is 0.229 e. The normalized spacial score (nSPS) is 14.9. The van der Waals surface area contributed by atoms with Crippen molar-refractivity contribution >= 4 is 23.5 Å². The average molecular weight is 400 g/mol. The second kappa shape index (κ2) is 10.0. The van der Waals surface area contributed by atoms with Gasteiger partial charge in [-0.25, -0.2) is 4.98 Å². The molecule has 154 valence electrons. The van der Waals surface area contributed by atoms with E-state index < -0.39 is 0 Å². The number of aryl methyl sites for hydroxylation is 1. The lowest BCUT2D eigenvalue weighted by Crippen LogP contribution is -2.46. The Kier molecular flexibility index (Phi) is 6.72. The van der Waals surface area contributed by atoms with Gasteiger partial charge >= 0.3 is 0 Å². The predicted molar refractivity (Wildman–Crippen MR) is 125 cm³/mol. The Morgan fingerprint density at radius 1 is 0.933 bits per heavy atom. The van der Waals surface area contributed by atoms with E-state index in [4.69, 9.17) is 4.98 Å². The molecule has 3 aromatic rings. The van der Waals surface area contributed by atoms with Crippen LogP contribution in [-0.2, 0) is 6.42 Å². The summed E-state index contributed by atoms with van der Waals surface area (Å²) in [6.07, 6.45) is 7.32. The Balaban J connectivity index is 1.30. The van der Waals surface area contributed by atoms with Gasteiger partial charge in [0.25, 0.3) is 0 Å². The molecule has 1 saturated heterocycles. The van der Waals surface area contributed by atoms with Crippen LogP contribution < -0.4 is 10.2 Å². The molecule has 0 amide bonds. The second-order valence-electron chi connectivity index (χ2n) is 7.51. The van der Waals surface area contributed by atoms with E-state index in [9.17, 15) is 0 Å². The Morgan fingerprint density at radius 2 is 1.70 bits per heavy atom. The third-order valence-electron chi connectivity index (χ3n) is 5.43. The Hall–Kier alpha value is -3.18. The molecule has 0 radical (unpaired) electrons. The third kappa shape index (κ3) is 5.45. The molecule has 2 heterocycles. The number of aromatic nitrogens is 2.